The standard InChI is InChI=1S/C9H15S/c1-4-6-8-9(10-3)7-5-2/h9H,4,6-8H2,1,3H3. The number of hydrogen-bond acceptors (Lipinski definition) is 1. The van der Waals surface area contributed by atoms with Crippen LogP contribution in [0.3, 0.4) is 0 Å². The molecule has 0 aromatic carbocycles. The molecule has 0 N–H and O–H groups in total. The van der Waals surface area contributed by atoms with Crippen molar-refractivity contribution in [2.45, 2.75) is 37.9 Å². The summed E-state index contributed by atoms with van der Waals surface area (Å²) in [5, 5.41) is 0.637. The third kappa shape index (κ3) is 4.76. The van der Waals surface area contributed by atoms with Crippen LogP contribution < -0.4 is 0 Å². The number of hydrogen-bond donors (Lipinski definition) is 0. The second-order valence-electron chi connectivity index (χ2n) is 2.38. The van der Waals surface area contributed by atoms with Crippen LogP contribution >= 0.6 is 11.8 Å². The Hall–Kier alpha value is -0.0900. The zero-order valence-electron chi connectivity index (χ0n) is 6.81. The van der Waals surface area contributed by atoms with Crippen molar-refractivity contribution in [3.05, 3.63) is 6.42 Å². The summed E-state index contributed by atoms with van der Waals surface area (Å²) in [6.45, 7) is 2.20. The first kappa shape index (κ1) is 9.91. The summed E-state index contributed by atoms with van der Waals surface area (Å²) in [7, 11) is 0. The van der Waals surface area contributed by atoms with Gasteiger partial charge < -0.3 is 0 Å². The predicted molar refractivity (Wildman–Crippen MR) is 48.6 cm³/mol. The fraction of sp³-hybridized carbons (Fsp3) is 0.778. The Morgan fingerprint density at radius 1 is 1.60 bits per heavy atom. The smallest absolute Gasteiger partial charge is 0.0218 e. The van der Waals surface area contributed by atoms with Crippen molar-refractivity contribution >= 4 is 11.8 Å². The van der Waals surface area contributed by atoms with Gasteiger partial charge in [0.05, 0.1) is 0 Å². The first-order valence-electron chi connectivity index (χ1n) is 3.77. The van der Waals surface area contributed by atoms with E-state index in [1.54, 1.807) is 0 Å². The summed E-state index contributed by atoms with van der Waals surface area (Å²) in [6.07, 6.45) is 13.5. The maximum absolute atomic E-state index is 6.81. The van der Waals surface area contributed by atoms with Gasteiger partial charge in [0.1, 0.15) is 0 Å². The summed E-state index contributed by atoms with van der Waals surface area (Å²) in [5.41, 5.74) is 0. The quantitative estimate of drug-likeness (QED) is 0.550. The van der Waals surface area contributed by atoms with Crippen molar-refractivity contribution in [3.63, 3.8) is 0 Å². The van der Waals surface area contributed by atoms with Crippen molar-refractivity contribution in [1.29, 1.82) is 0 Å². The normalized spacial score (nSPS) is 12.5. The van der Waals surface area contributed by atoms with E-state index in [1.165, 1.54) is 19.3 Å². The maximum atomic E-state index is 6.81. The molecule has 1 heteroatoms. The zero-order valence-corrected chi connectivity index (χ0v) is 7.63. The number of unbranched alkanes of at least 4 members (excludes halogenated alkanes) is 1. The van der Waals surface area contributed by atoms with Gasteiger partial charge in [-0.3, -0.25) is 0 Å². The number of rotatable bonds is 5. The van der Waals surface area contributed by atoms with Crippen molar-refractivity contribution in [3.8, 4) is 5.92 Å². The Bertz CT molecular complexity index is 102. The lowest BCUT2D eigenvalue weighted by Crippen LogP contribution is -1.99. The largest absolute Gasteiger partial charge is 0.161 e. The lowest BCUT2D eigenvalue weighted by atomic mass is 10.1. The Kier molecular flexibility index (Phi) is 6.96. The molecule has 0 fully saturated rings. The van der Waals surface area contributed by atoms with Gasteiger partial charge in [-0.1, -0.05) is 25.7 Å². The van der Waals surface area contributed by atoms with E-state index in [2.05, 4.69) is 19.1 Å². The summed E-state index contributed by atoms with van der Waals surface area (Å²) in [4.78, 5) is 0. The maximum Gasteiger partial charge on any atom is 0.0218 e. The second kappa shape index (κ2) is 7.02. The zero-order chi connectivity index (χ0) is 7.82. The van der Waals surface area contributed by atoms with Crippen molar-refractivity contribution < 1.29 is 0 Å². The number of thioether (sulfide) groups is 1. The summed E-state index contributed by atoms with van der Waals surface area (Å²) in [6, 6.07) is 0. The molecule has 0 aliphatic carbocycles. The molecular formula is C9H15S. The van der Waals surface area contributed by atoms with Crippen LogP contribution in [0.5, 0.6) is 0 Å². The van der Waals surface area contributed by atoms with Gasteiger partial charge in [0, 0.05) is 11.7 Å². The van der Waals surface area contributed by atoms with Crippen molar-refractivity contribution in [1.82, 2.24) is 0 Å². The highest BCUT2D eigenvalue weighted by Crippen LogP contribution is 2.16. The molecule has 0 aliphatic rings. The van der Waals surface area contributed by atoms with Gasteiger partial charge in [-0.05, 0) is 19.1 Å². The Labute approximate surface area is 68.8 Å². The van der Waals surface area contributed by atoms with E-state index >= 15 is 0 Å². The first-order chi connectivity index (χ1) is 4.85. The minimum Gasteiger partial charge on any atom is -0.161 e. The van der Waals surface area contributed by atoms with Gasteiger partial charge in [-0.15, -0.1) is 0 Å². The van der Waals surface area contributed by atoms with E-state index in [9.17, 15) is 0 Å². The van der Waals surface area contributed by atoms with Crippen LogP contribution in [-0.4, -0.2) is 11.5 Å². The Balaban J connectivity index is 3.32. The lowest BCUT2D eigenvalue weighted by molar-refractivity contribution is 0.693. The fourth-order valence-electron chi connectivity index (χ4n) is 0.849. The van der Waals surface area contributed by atoms with Crippen LogP contribution in [0.1, 0.15) is 32.6 Å². The molecule has 1 unspecified atom stereocenters. The topological polar surface area (TPSA) is 0 Å². The molecular weight excluding hydrogens is 140 g/mol. The monoisotopic (exact) mass is 155 g/mol. The van der Waals surface area contributed by atoms with Crippen molar-refractivity contribution in [2.75, 3.05) is 6.26 Å². The fourth-order valence-corrected chi connectivity index (χ4v) is 1.50. The highest BCUT2D eigenvalue weighted by Gasteiger charge is 2.02. The Morgan fingerprint density at radius 3 is 2.70 bits per heavy atom. The van der Waals surface area contributed by atoms with Crippen LogP contribution in [0.25, 0.3) is 0 Å². The third-order valence-corrected chi connectivity index (χ3v) is 2.61. The molecule has 10 heavy (non-hydrogen) atoms. The molecule has 0 aromatic heterocycles. The molecule has 0 saturated carbocycles. The van der Waals surface area contributed by atoms with E-state index in [0.717, 1.165) is 6.42 Å². The van der Waals surface area contributed by atoms with Gasteiger partial charge in [0.15, 0.2) is 0 Å². The summed E-state index contributed by atoms with van der Waals surface area (Å²) in [5.74, 6) is 2.46. The summed E-state index contributed by atoms with van der Waals surface area (Å²) < 4.78 is 0. The highest BCUT2D eigenvalue weighted by molar-refractivity contribution is 7.99. The van der Waals surface area contributed by atoms with Crippen LogP contribution in [0.15, 0.2) is 0 Å². The predicted octanol–water partition coefficient (Wildman–Crippen LogP) is 2.89. The molecule has 0 saturated heterocycles. The van der Waals surface area contributed by atoms with Gasteiger partial charge in [-0.25, -0.2) is 0 Å². The van der Waals surface area contributed by atoms with Crippen molar-refractivity contribution in [2.24, 2.45) is 0 Å². The van der Waals surface area contributed by atoms with E-state index in [-0.39, 0.29) is 0 Å². The molecule has 0 aliphatic heterocycles. The average Bonchev–Trinajstić information content (AvgIpc) is 1.98. The third-order valence-electron chi connectivity index (χ3n) is 1.54. The van der Waals surface area contributed by atoms with Gasteiger partial charge in [-0.2, -0.15) is 11.8 Å². The molecule has 0 spiro atoms. The lowest BCUT2D eigenvalue weighted by Gasteiger charge is -2.08. The first-order valence-corrected chi connectivity index (χ1v) is 5.06. The van der Waals surface area contributed by atoms with E-state index in [0.29, 0.717) is 5.25 Å². The van der Waals surface area contributed by atoms with Gasteiger partial charge >= 0.3 is 0 Å². The van der Waals surface area contributed by atoms with Crippen LogP contribution in [-0.2, 0) is 0 Å². The molecule has 0 nitrogen and oxygen atoms in total. The summed E-state index contributed by atoms with van der Waals surface area (Å²) >= 11 is 1.85. The van der Waals surface area contributed by atoms with Crippen LogP contribution in [0.2, 0.25) is 0 Å². The molecule has 0 amide bonds. The molecule has 0 bridgehead atoms. The van der Waals surface area contributed by atoms with E-state index < -0.39 is 0 Å². The molecule has 1 atom stereocenters. The molecule has 1 radical (unpaired) electrons. The SMILES string of the molecule is [C]#CCC(CCCC)SC. The van der Waals surface area contributed by atoms with E-state index in [4.69, 9.17) is 6.42 Å². The molecule has 0 heterocycles. The van der Waals surface area contributed by atoms with Crippen LogP contribution in [0, 0.1) is 12.3 Å². The minimum atomic E-state index is 0.637. The highest BCUT2D eigenvalue weighted by atomic mass is 32.2. The Morgan fingerprint density at radius 2 is 2.30 bits per heavy atom. The van der Waals surface area contributed by atoms with Crippen LogP contribution in [0.4, 0.5) is 0 Å². The minimum absolute atomic E-state index is 0.637. The average molecular weight is 155 g/mol. The molecule has 57 valence electrons. The van der Waals surface area contributed by atoms with Gasteiger partial charge in [0.2, 0.25) is 0 Å². The van der Waals surface area contributed by atoms with Gasteiger partial charge in [0.25, 0.3) is 0 Å². The molecule has 0 aromatic rings. The second-order valence-corrected chi connectivity index (χ2v) is 3.52. The molecule has 0 rings (SSSR count). The van der Waals surface area contributed by atoms with E-state index in [1.807, 2.05) is 11.8 Å².